The number of nitrogens with one attached hydrogen (secondary N) is 1. The van der Waals surface area contributed by atoms with Crippen molar-refractivity contribution in [1.29, 1.82) is 0 Å². The van der Waals surface area contributed by atoms with Crippen LogP contribution in [0.4, 0.5) is 0 Å². The summed E-state index contributed by atoms with van der Waals surface area (Å²) in [7, 11) is 2.72. The van der Waals surface area contributed by atoms with E-state index in [0.29, 0.717) is 12.2 Å². The third kappa shape index (κ3) is 1.68. The normalized spacial score (nSPS) is 34.1. The van der Waals surface area contributed by atoms with Crippen molar-refractivity contribution in [3.63, 3.8) is 0 Å². The van der Waals surface area contributed by atoms with Gasteiger partial charge in [0.15, 0.2) is 0 Å². The number of methoxy groups -OCH3 is 1. The maximum absolute atomic E-state index is 12.5. The largest absolute Gasteiger partial charge is 0.468 e. The van der Waals surface area contributed by atoms with Crippen LogP contribution in [0.15, 0.2) is 22.8 Å². The molecule has 2 fully saturated rings. The van der Waals surface area contributed by atoms with Gasteiger partial charge in [-0.05, 0) is 18.6 Å². The van der Waals surface area contributed by atoms with E-state index >= 15 is 0 Å². The van der Waals surface area contributed by atoms with Gasteiger partial charge in [0.2, 0.25) is 11.8 Å². The molecule has 0 radical (unpaired) electrons. The summed E-state index contributed by atoms with van der Waals surface area (Å²) in [6, 6.07) is 2.91. The second-order valence-electron chi connectivity index (χ2n) is 5.69. The summed E-state index contributed by atoms with van der Waals surface area (Å²) in [4.78, 5) is 38.5. The van der Waals surface area contributed by atoms with Crippen LogP contribution in [0.25, 0.3) is 0 Å². The summed E-state index contributed by atoms with van der Waals surface area (Å²) in [5.74, 6) is -2.10. The van der Waals surface area contributed by atoms with E-state index in [1.54, 1.807) is 19.1 Å². The van der Waals surface area contributed by atoms with E-state index in [4.69, 9.17) is 9.15 Å². The van der Waals surface area contributed by atoms with Crippen LogP contribution in [0, 0.1) is 11.8 Å². The number of hydrogen-bond acceptors (Lipinski definition) is 6. The fourth-order valence-corrected chi connectivity index (χ4v) is 3.70. The Morgan fingerprint density at radius 1 is 1.45 bits per heavy atom. The van der Waals surface area contributed by atoms with Gasteiger partial charge in [0.1, 0.15) is 11.3 Å². The maximum atomic E-state index is 12.5. The Hall–Kier alpha value is -2.15. The van der Waals surface area contributed by atoms with Gasteiger partial charge in [0.25, 0.3) is 0 Å². The molecule has 3 heterocycles. The number of ether oxygens (including phenoxy) is 1. The van der Waals surface area contributed by atoms with Crippen molar-refractivity contribution in [2.45, 2.75) is 24.9 Å². The standard InChI is InChI=1S/C15H18N2O5/c1-4-15(14(20)21-3)10-9(12(18)17(2)13(10)19)11(16-15)8-6-5-7-22-8/h5-7,9-11,16H,4H2,1-3H3/t9-,10+,11-,15-/m0/s1. The van der Waals surface area contributed by atoms with Crippen molar-refractivity contribution >= 4 is 17.8 Å². The van der Waals surface area contributed by atoms with Crippen molar-refractivity contribution < 1.29 is 23.5 Å². The predicted molar refractivity (Wildman–Crippen MR) is 74.4 cm³/mol. The number of imide groups is 1. The molecule has 0 unspecified atom stereocenters. The van der Waals surface area contributed by atoms with E-state index in [-0.39, 0.29) is 11.8 Å². The number of furan rings is 1. The topological polar surface area (TPSA) is 88.8 Å². The Kier molecular flexibility index (Phi) is 3.32. The number of rotatable bonds is 3. The lowest BCUT2D eigenvalue weighted by Gasteiger charge is -2.30. The van der Waals surface area contributed by atoms with Gasteiger partial charge in [-0.1, -0.05) is 6.92 Å². The van der Waals surface area contributed by atoms with E-state index in [2.05, 4.69) is 5.32 Å². The molecule has 7 nitrogen and oxygen atoms in total. The molecule has 1 aromatic rings. The van der Waals surface area contributed by atoms with E-state index in [9.17, 15) is 14.4 Å². The van der Waals surface area contributed by atoms with Crippen LogP contribution in [0.5, 0.6) is 0 Å². The summed E-state index contributed by atoms with van der Waals surface area (Å²) >= 11 is 0. The minimum Gasteiger partial charge on any atom is -0.468 e. The van der Waals surface area contributed by atoms with Crippen LogP contribution in [0.2, 0.25) is 0 Å². The maximum Gasteiger partial charge on any atom is 0.326 e. The first kappa shape index (κ1) is 14.8. The lowest BCUT2D eigenvalue weighted by Crippen LogP contribution is -2.55. The summed E-state index contributed by atoms with van der Waals surface area (Å²) in [6.07, 6.45) is 1.84. The molecule has 2 aliphatic heterocycles. The SMILES string of the molecule is CC[C@]1(C(=O)OC)N[C@@H](c2ccco2)[C@H]2C(=O)N(C)C(=O)[C@@H]21. The van der Waals surface area contributed by atoms with Gasteiger partial charge < -0.3 is 9.15 Å². The molecular formula is C15H18N2O5. The highest BCUT2D eigenvalue weighted by molar-refractivity contribution is 6.09. The molecule has 2 amide bonds. The van der Waals surface area contributed by atoms with Gasteiger partial charge in [0.05, 0.1) is 31.3 Å². The highest BCUT2D eigenvalue weighted by Gasteiger charge is 2.68. The molecule has 0 aromatic carbocycles. The molecule has 2 saturated heterocycles. The zero-order valence-electron chi connectivity index (χ0n) is 12.7. The van der Waals surface area contributed by atoms with Crippen molar-refractivity contribution in [3.8, 4) is 0 Å². The summed E-state index contributed by atoms with van der Waals surface area (Å²) in [5.41, 5.74) is -1.21. The summed E-state index contributed by atoms with van der Waals surface area (Å²) in [6.45, 7) is 1.79. The Labute approximate surface area is 127 Å². The fraction of sp³-hybridized carbons (Fsp3) is 0.533. The molecule has 1 N–H and O–H groups in total. The molecule has 0 saturated carbocycles. The number of nitrogens with zero attached hydrogens (tertiary/aromatic N) is 1. The van der Waals surface area contributed by atoms with E-state index in [1.807, 2.05) is 0 Å². The van der Waals surface area contributed by atoms with Gasteiger partial charge in [-0.15, -0.1) is 0 Å². The quantitative estimate of drug-likeness (QED) is 0.645. The van der Waals surface area contributed by atoms with Crippen molar-refractivity contribution in [2.75, 3.05) is 14.2 Å². The van der Waals surface area contributed by atoms with Crippen molar-refractivity contribution in [2.24, 2.45) is 11.8 Å². The molecule has 3 rings (SSSR count). The van der Waals surface area contributed by atoms with Crippen LogP contribution in [-0.4, -0.2) is 42.4 Å². The minimum absolute atomic E-state index is 0.303. The van der Waals surface area contributed by atoms with E-state index in [1.165, 1.54) is 20.4 Å². The zero-order valence-corrected chi connectivity index (χ0v) is 12.7. The molecule has 0 bridgehead atoms. The van der Waals surface area contributed by atoms with Crippen molar-refractivity contribution in [3.05, 3.63) is 24.2 Å². The third-order valence-corrected chi connectivity index (χ3v) is 4.83. The van der Waals surface area contributed by atoms with Crippen LogP contribution in [0.3, 0.4) is 0 Å². The first-order valence-corrected chi connectivity index (χ1v) is 7.19. The first-order chi connectivity index (χ1) is 10.5. The highest BCUT2D eigenvalue weighted by atomic mass is 16.5. The molecule has 0 aliphatic carbocycles. The first-order valence-electron chi connectivity index (χ1n) is 7.19. The van der Waals surface area contributed by atoms with Gasteiger partial charge in [-0.2, -0.15) is 0 Å². The molecule has 1 aromatic heterocycles. The van der Waals surface area contributed by atoms with Crippen LogP contribution in [0.1, 0.15) is 25.1 Å². The summed E-state index contributed by atoms with van der Waals surface area (Å²) < 4.78 is 10.3. The number of carbonyl (C=O) groups is 3. The lowest BCUT2D eigenvalue weighted by atomic mass is 9.78. The average molecular weight is 306 g/mol. The molecule has 2 aliphatic rings. The molecule has 0 spiro atoms. The highest BCUT2D eigenvalue weighted by Crippen LogP contribution is 2.49. The summed E-state index contributed by atoms with van der Waals surface area (Å²) in [5, 5.41) is 3.15. The Morgan fingerprint density at radius 3 is 2.73 bits per heavy atom. The van der Waals surface area contributed by atoms with Gasteiger partial charge in [-0.3, -0.25) is 24.6 Å². The lowest BCUT2D eigenvalue weighted by molar-refractivity contribution is -0.154. The zero-order chi connectivity index (χ0) is 16.1. The third-order valence-electron chi connectivity index (χ3n) is 4.83. The molecule has 22 heavy (non-hydrogen) atoms. The Balaban J connectivity index is 2.13. The van der Waals surface area contributed by atoms with E-state index in [0.717, 1.165) is 4.90 Å². The molecule has 7 heteroatoms. The smallest absolute Gasteiger partial charge is 0.326 e. The fourth-order valence-electron chi connectivity index (χ4n) is 3.70. The minimum atomic E-state index is -1.21. The molecule has 4 atom stereocenters. The molecular weight excluding hydrogens is 288 g/mol. The van der Waals surface area contributed by atoms with Crippen LogP contribution < -0.4 is 5.32 Å². The van der Waals surface area contributed by atoms with Gasteiger partial charge in [0, 0.05) is 7.05 Å². The number of hydrogen-bond donors (Lipinski definition) is 1. The van der Waals surface area contributed by atoms with Crippen LogP contribution >= 0.6 is 0 Å². The number of amides is 2. The van der Waals surface area contributed by atoms with E-state index < -0.39 is 29.4 Å². The van der Waals surface area contributed by atoms with Gasteiger partial charge >= 0.3 is 5.97 Å². The number of fused-ring (bicyclic) bond motifs is 1. The van der Waals surface area contributed by atoms with Crippen LogP contribution in [-0.2, 0) is 19.1 Å². The Bertz CT molecular complexity index is 626. The monoisotopic (exact) mass is 306 g/mol. The number of carbonyl (C=O) groups excluding carboxylic acids is 3. The Morgan fingerprint density at radius 2 is 2.18 bits per heavy atom. The predicted octanol–water partition coefficient (Wildman–Crippen LogP) is 0.477. The number of esters is 1. The van der Waals surface area contributed by atoms with Gasteiger partial charge in [-0.25, -0.2) is 0 Å². The second-order valence-corrected chi connectivity index (χ2v) is 5.69. The van der Waals surface area contributed by atoms with Crippen molar-refractivity contribution in [1.82, 2.24) is 10.2 Å². The number of likely N-dealkylation sites (tertiary alicyclic amines) is 1. The average Bonchev–Trinajstić information content (AvgIpc) is 3.21. The second kappa shape index (κ2) is 4.95. The molecule has 118 valence electrons.